The third-order valence-corrected chi connectivity index (χ3v) is 7.83. The minimum absolute atomic E-state index is 0.0698. The number of esters is 1. The van der Waals surface area contributed by atoms with Crippen LogP contribution in [0.4, 0.5) is 0 Å². The highest BCUT2D eigenvalue weighted by Gasteiger charge is 2.66. The molecule has 0 radical (unpaired) electrons. The second-order valence-corrected chi connectivity index (χ2v) is 9.12. The Hall–Kier alpha value is -1.69. The molecule has 0 spiro atoms. The lowest BCUT2D eigenvalue weighted by Gasteiger charge is -2.61. The van der Waals surface area contributed by atoms with E-state index in [2.05, 4.69) is 6.92 Å². The van der Waals surface area contributed by atoms with Gasteiger partial charge in [-0.15, -0.1) is 0 Å². The first kappa shape index (κ1) is 20.1. The molecular formula is C21H30O6. The maximum atomic E-state index is 13.3. The Morgan fingerprint density at radius 1 is 1.26 bits per heavy atom. The topological polar surface area (TPSA) is 101 Å². The van der Waals surface area contributed by atoms with Crippen molar-refractivity contribution in [2.75, 3.05) is 7.11 Å². The van der Waals surface area contributed by atoms with Gasteiger partial charge in [0.1, 0.15) is 6.10 Å². The van der Waals surface area contributed by atoms with Gasteiger partial charge < -0.3 is 14.9 Å². The Labute approximate surface area is 160 Å². The molecule has 3 aliphatic carbocycles. The molecule has 150 valence electrons. The average molecular weight is 378 g/mol. The van der Waals surface area contributed by atoms with Gasteiger partial charge in [0.05, 0.1) is 12.5 Å². The lowest BCUT2D eigenvalue weighted by Crippen LogP contribution is -2.65. The fourth-order valence-electron chi connectivity index (χ4n) is 6.67. The first-order chi connectivity index (χ1) is 12.6. The van der Waals surface area contributed by atoms with E-state index >= 15 is 0 Å². The van der Waals surface area contributed by atoms with Crippen LogP contribution in [-0.2, 0) is 19.1 Å². The molecule has 6 nitrogen and oxygen atoms in total. The number of Topliss-reactive ketones (excluding diaryl/α,β-unsaturated/α-hetero) is 1. The highest BCUT2D eigenvalue weighted by atomic mass is 16.5. The van der Waals surface area contributed by atoms with Crippen LogP contribution in [0.15, 0.2) is 11.6 Å². The molecule has 3 aliphatic rings. The molecule has 3 fully saturated rings. The number of aliphatic hydroxyl groups excluding tert-OH is 1. The van der Waals surface area contributed by atoms with E-state index < -0.39 is 28.8 Å². The molecular weight excluding hydrogens is 348 g/mol. The zero-order valence-electron chi connectivity index (χ0n) is 16.5. The van der Waals surface area contributed by atoms with Crippen LogP contribution in [0.25, 0.3) is 0 Å². The van der Waals surface area contributed by atoms with E-state index in [9.17, 15) is 19.5 Å². The van der Waals surface area contributed by atoms with E-state index in [0.29, 0.717) is 12.8 Å². The van der Waals surface area contributed by atoms with Crippen LogP contribution < -0.4 is 0 Å². The van der Waals surface area contributed by atoms with Gasteiger partial charge in [-0.1, -0.05) is 25.8 Å². The number of aliphatic carboxylic acids is 1. The van der Waals surface area contributed by atoms with Crippen molar-refractivity contribution >= 4 is 17.7 Å². The van der Waals surface area contributed by atoms with Gasteiger partial charge >= 0.3 is 11.9 Å². The molecule has 0 aromatic rings. The molecule has 0 aliphatic heterocycles. The van der Waals surface area contributed by atoms with Gasteiger partial charge in [-0.25, -0.2) is 4.79 Å². The summed E-state index contributed by atoms with van der Waals surface area (Å²) >= 11 is 0. The zero-order valence-corrected chi connectivity index (χ0v) is 16.5. The van der Waals surface area contributed by atoms with Gasteiger partial charge in [-0.3, -0.25) is 9.59 Å². The monoisotopic (exact) mass is 378 g/mol. The molecule has 0 aromatic heterocycles. The smallest absolute Gasteiger partial charge is 0.328 e. The maximum Gasteiger partial charge on any atom is 0.328 e. The Kier molecular flexibility index (Phi) is 5.00. The van der Waals surface area contributed by atoms with Crippen molar-refractivity contribution in [1.82, 2.24) is 0 Å². The highest BCUT2D eigenvalue weighted by molar-refractivity contribution is 5.93. The van der Waals surface area contributed by atoms with Crippen LogP contribution in [0.5, 0.6) is 0 Å². The number of carboxylic acids is 1. The zero-order chi connectivity index (χ0) is 20.1. The maximum absolute atomic E-state index is 13.3. The van der Waals surface area contributed by atoms with Crippen molar-refractivity contribution < 1.29 is 29.3 Å². The number of ketones is 1. The number of methoxy groups -OCH3 is 1. The van der Waals surface area contributed by atoms with Gasteiger partial charge in [0, 0.05) is 17.9 Å². The summed E-state index contributed by atoms with van der Waals surface area (Å²) in [6.45, 7) is 5.79. The lowest BCUT2D eigenvalue weighted by molar-refractivity contribution is -0.193. The third-order valence-electron chi connectivity index (χ3n) is 7.83. The first-order valence-electron chi connectivity index (χ1n) is 9.81. The van der Waals surface area contributed by atoms with Crippen LogP contribution in [-0.4, -0.2) is 41.1 Å². The fourth-order valence-corrected chi connectivity index (χ4v) is 6.67. The highest BCUT2D eigenvalue weighted by Crippen LogP contribution is 2.64. The average Bonchev–Trinajstić information content (AvgIpc) is 2.60. The number of fused-ring (bicyclic) bond motifs is 3. The molecule has 0 bridgehead atoms. The van der Waals surface area contributed by atoms with Crippen LogP contribution in [0, 0.1) is 34.5 Å². The van der Waals surface area contributed by atoms with E-state index in [1.807, 2.05) is 6.92 Å². The molecule has 0 aromatic carbocycles. The van der Waals surface area contributed by atoms with Crippen molar-refractivity contribution in [2.45, 2.75) is 59.0 Å². The summed E-state index contributed by atoms with van der Waals surface area (Å²) < 4.78 is 5.04. The molecule has 3 rings (SSSR count). The van der Waals surface area contributed by atoms with E-state index in [1.165, 1.54) is 13.2 Å². The molecule has 7 unspecified atom stereocenters. The Morgan fingerprint density at radius 3 is 2.52 bits per heavy atom. The van der Waals surface area contributed by atoms with Gasteiger partial charge in [0.2, 0.25) is 0 Å². The van der Waals surface area contributed by atoms with Crippen molar-refractivity contribution in [3.8, 4) is 0 Å². The number of ether oxygens (including phenoxy) is 1. The van der Waals surface area contributed by atoms with E-state index in [0.717, 1.165) is 24.8 Å². The van der Waals surface area contributed by atoms with Crippen molar-refractivity contribution in [3.05, 3.63) is 11.6 Å². The van der Waals surface area contributed by atoms with E-state index in [1.54, 1.807) is 6.92 Å². The van der Waals surface area contributed by atoms with Gasteiger partial charge in [-0.05, 0) is 49.9 Å². The molecule has 6 heteroatoms. The summed E-state index contributed by atoms with van der Waals surface area (Å²) in [7, 11) is 1.34. The van der Waals surface area contributed by atoms with Crippen molar-refractivity contribution in [3.63, 3.8) is 0 Å². The summed E-state index contributed by atoms with van der Waals surface area (Å²) in [5.41, 5.74) is -0.541. The molecule has 0 heterocycles. The van der Waals surface area contributed by atoms with Crippen LogP contribution >= 0.6 is 0 Å². The third kappa shape index (κ3) is 2.84. The number of hydrogen-bond donors (Lipinski definition) is 2. The normalized spacial score (nSPS) is 45.7. The number of carbonyl (C=O) groups excluding carboxylic acids is 2. The fraction of sp³-hybridized carbons (Fsp3) is 0.762. The number of aliphatic hydroxyl groups is 1. The molecule has 3 saturated carbocycles. The summed E-state index contributed by atoms with van der Waals surface area (Å²) in [4.78, 5) is 37.1. The van der Waals surface area contributed by atoms with Crippen LogP contribution in [0.2, 0.25) is 0 Å². The summed E-state index contributed by atoms with van der Waals surface area (Å²) in [5, 5.41) is 20.1. The van der Waals surface area contributed by atoms with Crippen LogP contribution in [0.3, 0.4) is 0 Å². The van der Waals surface area contributed by atoms with Gasteiger partial charge in [0.25, 0.3) is 0 Å². The quantitative estimate of drug-likeness (QED) is 0.566. The van der Waals surface area contributed by atoms with Crippen molar-refractivity contribution in [2.24, 2.45) is 34.5 Å². The molecule has 0 saturated heterocycles. The molecule has 0 amide bonds. The predicted molar refractivity (Wildman–Crippen MR) is 97.7 cm³/mol. The van der Waals surface area contributed by atoms with Crippen molar-refractivity contribution in [1.29, 1.82) is 0 Å². The standard InChI is InChI=1S/C21H30O6/c1-11-12(10-14(22)23)6-7-13-15(11)16(24)17(25)18-20(13,2)8-5-9-21(18,3)19(26)27-4/h10-11,13,15-16,18,24H,5-9H2,1-4H3,(H,22,23)/b12-10+. The summed E-state index contributed by atoms with van der Waals surface area (Å²) in [6, 6.07) is 0. The van der Waals surface area contributed by atoms with E-state index in [4.69, 9.17) is 9.84 Å². The lowest BCUT2D eigenvalue weighted by atomic mass is 9.42. The SMILES string of the molecule is COC(=O)C1(C)CCCC2(C)C3CC/C(=C\C(=O)O)C(C)C3C(O)C(=O)C12. The summed E-state index contributed by atoms with van der Waals surface area (Å²) in [5.74, 6) is -2.64. The number of hydrogen-bond acceptors (Lipinski definition) is 5. The number of allylic oxidation sites excluding steroid dienone is 1. The minimum Gasteiger partial charge on any atom is -0.478 e. The summed E-state index contributed by atoms with van der Waals surface area (Å²) in [6.07, 6.45) is 3.66. The molecule has 27 heavy (non-hydrogen) atoms. The van der Waals surface area contributed by atoms with Gasteiger partial charge in [-0.2, -0.15) is 0 Å². The number of carboxylic acid groups (broad SMARTS) is 1. The second kappa shape index (κ2) is 6.73. The minimum atomic E-state index is -1.18. The number of rotatable bonds is 2. The Bertz CT molecular complexity index is 697. The Balaban J connectivity index is 2.06. The molecule has 2 N–H and O–H groups in total. The predicted octanol–water partition coefficient (Wildman–Crippen LogP) is 2.59. The van der Waals surface area contributed by atoms with E-state index in [-0.39, 0.29) is 29.5 Å². The molecule has 7 atom stereocenters. The van der Waals surface area contributed by atoms with Gasteiger partial charge in [0.15, 0.2) is 5.78 Å². The second-order valence-electron chi connectivity index (χ2n) is 9.12. The first-order valence-corrected chi connectivity index (χ1v) is 9.81. The Morgan fingerprint density at radius 2 is 1.93 bits per heavy atom. The number of carbonyl (C=O) groups is 3. The van der Waals surface area contributed by atoms with Crippen LogP contribution in [0.1, 0.15) is 52.9 Å². The largest absolute Gasteiger partial charge is 0.478 e.